The summed E-state index contributed by atoms with van der Waals surface area (Å²) in [5, 5.41) is 13.1. The van der Waals surface area contributed by atoms with E-state index in [2.05, 4.69) is 91.6 Å². The third kappa shape index (κ3) is 7.24. The number of piperazine rings is 1. The number of unbranched alkanes of at least 4 members (excludes halogenated alkanes) is 2. The molecule has 1 aliphatic heterocycles. The maximum Gasteiger partial charge on any atom is 0.243 e. The van der Waals surface area contributed by atoms with Crippen LogP contribution in [0.5, 0.6) is 0 Å². The zero-order chi connectivity index (χ0) is 27.7. The lowest BCUT2D eigenvalue weighted by molar-refractivity contribution is -0.129. The van der Waals surface area contributed by atoms with Crippen molar-refractivity contribution in [2.45, 2.75) is 45.2 Å². The van der Waals surface area contributed by atoms with Gasteiger partial charge < -0.3 is 15.2 Å². The number of rotatable bonds is 12. The van der Waals surface area contributed by atoms with Gasteiger partial charge >= 0.3 is 0 Å². The first-order chi connectivity index (χ1) is 19.6. The van der Waals surface area contributed by atoms with Crippen LogP contribution in [0.2, 0.25) is 0 Å². The molecule has 4 aromatic rings. The van der Waals surface area contributed by atoms with E-state index in [0.717, 1.165) is 86.6 Å². The summed E-state index contributed by atoms with van der Waals surface area (Å²) in [7, 11) is 0. The van der Waals surface area contributed by atoms with Crippen LogP contribution >= 0.6 is 0 Å². The number of H-pyrrole nitrogens is 1. The lowest BCUT2D eigenvalue weighted by Gasteiger charge is -2.34. The van der Waals surface area contributed by atoms with Gasteiger partial charge in [-0.3, -0.25) is 14.9 Å². The van der Waals surface area contributed by atoms with E-state index in [1.54, 1.807) is 11.8 Å². The minimum atomic E-state index is -0.298. The van der Waals surface area contributed by atoms with Crippen molar-refractivity contribution in [3.05, 3.63) is 78.1 Å². The van der Waals surface area contributed by atoms with Crippen LogP contribution in [0.1, 0.15) is 49.8 Å². The van der Waals surface area contributed by atoms with Crippen molar-refractivity contribution in [2.75, 3.05) is 38.0 Å². The van der Waals surface area contributed by atoms with Crippen LogP contribution in [0, 0.1) is 0 Å². The van der Waals surface area contributed by atoms with Crippen LogP contribution in [0.3, 0.4) is 0 Å². The second-order valence-corrected chi connectivity index (χ2v) is 10.6. The highest BCUT2D eigenvalue weighted by molar-refractivity contribution is 5.91. The van der Waals surface area contributed by atoms with Gasteiger partial charge in [0.15, 0.2) is 0 Å². The maximum absolute atomic E-state index is 11.1. The van der Waals surface area contributed by atoms with E-state index >= 15 is 0 Å². The van der Waals surface area contributed by atoms with E-state index in [4.69, 9.17) is 5.21 Å². The number of benzene rings is 2. The Morgan fingerprint density at radius 1 is 0.975 bits per heavy atom. The molecule has 0 radical (unpaired) electrons. The lowest BCUT2D eigenvalue weighted by atomic mass is 10.1. The van der Waals surface area contributed by atoms with Crippen LogP contribution < -0.4 is 10.8 Å². The summed E-state index contributed by atoms with van der Waals surface area (Å²) < 4.78 is 0. The van der Waals surface area contributed by atoms with Gasteiger partial charge in [-0.2, -0.15) is 0 Å². The monoisotopic (exact) mass is 541 g/mol. The highest BCUT2D eigenvalue weighted by Gasteiger charge is 2.17. The number of hydrogen-bond acceptors (Lipinski definition) is 7. The van der Waals surface area contributed by atoms with Crippen molar-refractivity contribution in [3.63, 3.8) is 0 Å². The number of carbonyl (C=O) groups is 1. The Labute approximate surface area is 235 Å². The maximum atomic E-state index is 11.1. The second-order valence-electron chi connectivity index (χ2n) is 10.6. The Morgan fingerprint density at radius 2 is 1.73 bits per heavy atom. The highest BCUT2D eigenvalue weighted by atomic mass is 16.5. The number of aromatic amines is 1. The normalized spacial score (nSPS) is 15.2. The zero-order valence-electron chi connectivity index (χ0n) is 23.1. The molecule has 1 aliphatic rings. The molecule has 0 aliphatic carbocycles. The third-order valence-corrected chi connectivity index (χ3v) is 7.72. The van der Waals surface area contributed by atoms with Crippen molar-refractivity contribution in [3.8, 4) is 11.3 Å². The lowest BCUT2D eigenvalue weighted by Crippen LogP contribution is -2.46. The average Bonchev–Trinajstić information content (AvgIpc) is 3.44. The Balaban J connectivity index is 1.12. The fraction of sp³-hybridized carbons (Fsp3) is 0.387. The standard InChI is InChI=1S/C31H39N7O2/c1-23(25-8-4-2-5-9-25)34-30-27-20-28(35-31(27)33-22-32-30)26-13-11-24(12-14-26)21-38-18-16-37(17-19-38)15-7-3-6-10-29(39)36-40/h2,4-5,8-9,11-14,20,22-23,40H,3,6-7,10,15-19,21H2,1H3,(H,36,39)(H2,32,33,34,35). The Bertz CT molecular complexity index is 1370. The molecule has 9 heteroatoms. The Morgan fingerprint density at radius 3 is 2.48 bits per heavy atom. The Kier molecular flexibility index (Phi) is 9.38. The van der Waals surface area contributed by atoms with Gasteiger partial charge in [0.2, 0.25) is 5.91 Å². The van der Waals surface area contributed by atoms with Gasteiger partial charge in [-0.25, -0.2) is 15.4 Å². The van der Waals surface area contributed by atoms with Crippen molar-refractivity contribution in [1.29, 1.82) is 0 Å². The summed E-state index contributed by atoms with van der Waals surface area (Å²) in [5.74, 6) is 0.529. The SMILES string of the molecule is CC(Nc1ncnc2[nH]c(-c3ccc(CN4CCN(CCCCCC(=O)NO)CC4)cc3)cc12)c1ccccc1. The van der Waals surface area contributed by atoms with Gasteiger partial charge in [0.1, 0.15) is 17.8 Å². The summed E-state index contributed by atoms with van der Waals surface area (Å²) in [6, 6.07) is 21.4. The summed E-state index contributed by atoms with van der Waals surface area (Å²) in [6.45, 7) is 8.43. The molecule has 1 amide bonds. The topological polar surface area (TPSA) is 109 Å². The molecule has 2 aromatic carbocycles. The molecular weight excluding hydrogens is 502 g/mol. The summed E-state index contributed by atoms with van der Waals surface area (Å²) in [4.78, 5) is 28.6. The largest absolute Gasteiger partial charge is 0.363 e. The molecule has 1 atom stereocenters. The molecule has 3 heterocycles. The molecule has 2 aromatic heterocycles. The van der Waals surface area contributed by atoms with E-state index in [-0.39, 0.29) is 11.9 Å². The van der Waals surface area contributed by atoms with Crippen LogP contribution in [0.25, 0.3) is 22.3 Å². The third-order valence-electron chi connectivity index (χ3n) is 7.72. The molecule has 40 heavy (non-hydrogen) atoms. The summed E-state index contributed by atoms with van der Waals surface area (Å²) in [6.07, 6.45) is 4.91. The van der Waals surface area contributed by atoms with Crippen LogP contribution in [-0.4, -0.2) is 68.6 Å². The summed E-state index contributed by atoms with van der Waals surface area (Å²) >= 11 is 0. The van der Waals surface area contributed by atoms with Crippen molar-refractivity contribution in [2.24, 2.45) is 0 Å². The number of hydrogen-bond donors (Lipinski definition) is 4. The zero-order valence-corrected chi connectivity index (χ0v) is 23.1. The van der Waals surface area contributed by atoms with Crippen molar-refractivity contribution >= 4 is 22.8 Å². The van der Waals surface area contributed by atoms with Crippen LogP contribution in [-0.2, 0) is 11.3 Å². The van der Waals surface area contributed by atoms with Gasteiger partial charge in [-0.05, 0) is 49.1 Å². The molecule has 210 valence electrons. The number of aromatic nitrogens is 3. The van der Waals surface area contributed by atoms with Crippen LogP contribution in [0.4, 0.5) is 5.82 Å². The fourth-order valence-corrected chi connectivity index (χ4v) is 5.31. The average molecular weight is 542 g/mol. The molecule has 0 bridgehead atoms. The van der Waals surface area contributed by atoms with Crippen LogP contribution in [0.15, 0.2) is 67.0 Å². The van der Waals surface area contributed by atoms with Gasteiger partial charge in [0.25, 0.3) is 0 Å². The number of carbonyl (C=O) groups excluding carboxylic acids is 1. The number of hydroxylamine groups is 1. The molecule has 5 rings (SSSR count). The fourth-order valence-electron chi connectivity index (χ4n) is 5.31. The first kappa shape index (κ1) is 27.8. The molecule has 4 N–H and O–H groups in total. The quantitative estimate of drug-likeness (QED) is 0.114. The first-order valence-electron chi connectivity index (χ1n) is 14.2. The molecule has 0 saturated carbocycles. The van der Waals surface area contributed by atoms with Crippen molar-refractivity contribution < 1.29 is 10.0 Å². The Hall–Kier alpha value is -3.79. The predicted molar refractivity (Wildman–Crippen MR) is 158 cm³/mol. The molecular formula is C31H39N7O2. The predicted octanol–water partition coefficient (Wildman–Crippen LogP) is 4.98. The van der Waals surface area contributed by atoms with E-state index in [1.807, 2.05) is 6.07 Å². The molecule has 1 saturated heterocycles. The smallest absolute Gasteiger partial charge is 0.243 e. The van der Waals surface area contributed by atoms with Crippen molar-refractivity contribution in [1.82, 2.24) is 30.2 Å². The number of nitrogens with zero attached hydrogens (tertiary/aromatic N) is 4. The molecule has 0 spiro atoms. The van der Waals surface area contributed by atoms with E-state index in [0.29, 0.717) is 6.42 Å². The highest BCUT2D eigenvalue weighted by Crippen LogP contribution is 2.29. The number of nitrogens with one attached hydrogen (secondary N) is 3. The van der Waals surface area contributed by atoms with Gasteiger partial charge in [-0.1, -0.05) is 61.0 Å². The minimum Gasteiger partial charge on any atom is -0.363 e. The van der Waals surface area contributed by atoms with Gasteiger partial charge in [0.05, 0.1) is 5.39 Å². The van der Waals surface area contributed by atoms with E-state index in [9.17, 15) is 4.79 Å². The molecule has 1 fully saturated rings. The van der Waals surface area contributed by atoms with Gasteiger partial charge in [0, 0.05) is 50.9 Å². The number of fused-ring (bicyclic) bond motifs is 1. The van der Waals surface area contributed by atoms with E-state index < -0.39 is 0 Å². The molecule has 9 nitrogen and oxygen atoms in total. The summed E-state index contributed by atoms with van der Waals surface area (Å²) in [5.41, 5.74) is 7.21. The van der Waals surface area contributed by atoms with Gasteiger partial charge in [-0.15, -0.1) is 0 Å². The first-order valence-corrected chi connectivity index (χ1v) is 14.2. The van der Waals surface area contributed by atoms with E-state index in [1.165, 1.54) is 11.1 Å². The minimum absolute atomic E-state index is 0.130. The number of amides is 1. The number of anilines is 1. The molecule has 1 unspecified atom stereocenters. The second kappa shape index (κ2) is 13.5.